The molecule has 0 saturated carbocycles. The molecule has 0 amide bonds. The Kier molecular flexibility index (Phi) is 4.42. The average molecular weight is 218 g/mol. The summed E-state index contributed by atoms with van der Waals surface area (Å²) in [5.74, 6) is 0.927. The Labute approximate surface area is 87.4 Å². The zero-order chi connectivity index (χ0) is 9.68. The summed E-state index contributed by atoms with van der Waals surface area (Å²) in [4.78, 5) is 1.12. The molecule has 0 bridgehead atoms. The highest BCUT2D eigenvalue weighted by Gasteiger charge is 1.98. The Morgan fingerprint density at radius 1 is 1.54 bits per heavy atom. The van der Waals surface area contributed by atoms with Gasteiger partial charge in [-0.15, -0.1) is 11.8 Å². The van der Waals surface area contributed by atoms with Crippen LogP contribution in [0.15, 0.2) is 23.1 Å². The van der Waals surface area contributed by atoms with E-state index in [4.69, 9.17) is 22.1 Å². The van der Waals surface area contributed by atoms with Crippen molar-refractivity contribution in [2.75, 3.05) is 25.2 Å². The second-order valence-corrected chi connectivity index (χ2v) is 4.10. The van der Waals surface area contributed by atoms with E-state index in [0.29, 0.717) is 10.7 Å². The predicted molar refractivity (Wildman–Crippen MR) is 58.5 cm³/mol. The first-order valence-corrected chi connectivity index (χ1v) is 5.27. The fraction of sp³-hybridized carbons (Fsp3) is 0.333. The molecule has 0 unspecified atom stereocenters. The van der Waals surface area contributed by atoms with Crippen molar-refractivity contribution in [2.45, 2.75) is 4.90 Å². The first-order valence-electron chi connectivity index (χ1n) is 3.91. The third kappa shape index (κ3) is 3.46. The summed E-state index contributed by atoms with van der Waals surface area (Å²) in [7, 11) is 1.69. The first kappa shape index (κ1) is 10.7. The molecule has 0 atom stereocenters. The Morgan fingerprint density at radius 2 is 2.31 bits per heavy atom. The highest BCUT2D eigenvalue weighted by atomic mass is 35.5. The number of nitrogen functional groups attached to an aromatic ring is 1. The van der Waals surface area contributed by atoms with Gasteiger partial charge in [0.15, 0.2) is 0 Å². The SMILES string of the molecule is COCCSc1ccc(N)c(Cl)c1. The van der Waals surface area contributed by atoms with Crippen LogP contribution in [0.2, 0.25) is 5.02 Å². The van der Waals surface area contributed by atoms with Crippen LogP contribution < -0.4 is 5.73 Å². The quantitative estimate of drug-likeness (QED) is 0.479. The lowest BCUT2D eigenvalue weighted by molar-refractivity contribution is 0.218. The van der Waals surface area contributed by atoms with Crippen LogP contribution in [-0.4, -0.2) is 19.5 Å². The summed E-state index contributed by atoms with van der Waals surface area (Å²) in [6.45, 7) is 0.743. The Bertz CT molecular complexity index is 280. The number of rotatable bonds is 4. The molecule has 13 heavy (non-hydrogen) atoms. The molecule has 0 aromatic heterocycles. The second kappa shape index (κ2) is 5.37. The van der Waals surface area contributed by atoms with E-state index in [1.807, 2.05) is 18.2 Å². The van der Waals surface area contributed by atoms with E-state index in [9.17, 15) is 0 Å². The Balaban J connectivity index is 2.53. The van der Waals surface area contributed by atoms with Gasteiger partial charge in [-0.3, -0.25) is 0 Å². The van der Waals surface area contributed by atoms with Gasteiger partial charge in [0.05, 0.1) is 17.3 Å². The van der Waals surface area contributed by atoms with Crippen molar-refractivity contribution in [1.29, 1.82) is 0 Å². The monoisotopic (exact) mass is 217 g/mol. The Morgan fingerprint density at radius 3 is 2.92 bits per heavy atom. The molecule has 1 rings (SSSR count). The normalized spacial score (nSPS) is 10.3. The third-order valence-electron chi connectivity index (χ3n) is 1.53. The van der Waals surface area contributed by atoms with Gasteiger partial charge in [-0.2, -0.15) is 0 Å². The number of hydrogen-bond donors (Lipinski definition) is 1. The lowest BCUT2D eigenvalue weighted by Crippen LogP contribution is -1.91. The smallest absolute Gasteiger partial charge is 0.0646 e. The number of anilines is 1. The van der Waals surface area contributed by atoms with Crippen LogP contribution in [0.5, 0.6) is 0 Å². The van der Waals surface area contributed by atoms with E-state index in [2.05, 4.69) is 0 Å². The molecular formula is C9H12ClNOS. The summed E-state index contributed by atoms with van der Waals surface area (Å²) in [6, 6.07) is 5.65. The number of hydrogen-bond acceptors (Lipinski definition) is 3. The van der Waals surface area contributed by atoms with E-state index in [0.717, 1.165) is 17.3 Å². The van der Waals surface area contributed by atoms with E-state index in [-0.39, 0.29) is 0 Å². The molecule has 0 heterocycles. The molecule has 0 saturated heterocycles. The molecule has 2 N–H and O–H groups in total. The molecule has 0 radical (unpaired) electrons. The maximum absolute atomic E-state index is 5.86. The van der Waals surface area contributed by atoms with Gasteiger partial charge >= 0.3 is 0 Å². The lowest BCUT2D eigenvalue weighted by Gasteiger charge is -2.02. The minimum atomic E-state index is 0.613. The molecule has 0 fully saturated rings. The van der Waals surface area contributed by atoms with Gasteiger partial charge < -0.3 is 10.5 Å². The molecule has 72 valence electrons. The van der Waals surface area contributed by atoms with E-state index < -0.39 is 0 Å². The number of ether oxygens (including phenoxy) is 1. The van der Waals surface area contributed by atoms with Crippen molar-refractivity contribution >= 4 is 29.1 Å². The molecule has 0 aliphatic rings. The first-order chi connectivity index (χ1) is 6.24. The summed E-state index contributed by atoms with van der Waals surface area (Å²) in [5, 5.41) is 0.613. The maximum Gasteiger partial charge on any atom is 0.0646 e. The van der Waals surface area contributed by atoms with E-state index in [1.165, 1.54) is 0 Å². The van der Waals surface area contributed by atoms with Crippen molar-refractivity contribution in [3.05, 3.63) is 23.2 Å². The summed E-state index contributed by atoms with van der Waals surface area (Å²) in [5.41, 5.74) is 6.20. The minimum Gasteiger partial charge on any atom is -0.398 e. The van der Waals surface area contributed by atoms with Crippen molar-refractivity contribution < 1.29 is 4.74 Å². The van der Waals surface area contributed by atoms with Crippen molar-refractivity contribution in [3.8, 4) is 0 Å². The summed E-state index contributed by atoms with van der Waals surface area (Å²) >= 11 is 7.56. The van der Waals surface area contributed by atoms with Crippen LogP contribution in [0.3, 0.4) is 0 Å². The van der Waals surface area contributed by atoms with Crippen LogP contribution in [-0.2, 0) is 4.74 Å². The predicted octanol–water partition coefficient (Wildman–Crippen LogP) is 2.66. The van der Waals surface area contributed by atoms with Crippen molar-refractivity contribution in [3.63, 3.8) is 0 Å². The molecule has 0 spiro atoms. The zero-order valence-electron chi connectivity index (χ0n) is 7.42. The van der Waals surface area contributed by atoms with Gasteiger partial charge in [-0.25, -0.2) is 0 Å². The van der Waals surface area contributed by atoms with Crippen LogP contribution in [0.25, 0.3) is 0 Å². The molecule has 0 aliphatic carbocycles. The standard InChI is InChI=1S/C9H12ClNOS/c1-12-4-5-13-7-2-3-9(11)8(10)6-7/h2-3,6H,4-5,11H2,1H3. The summed E-state index contributed by atoms with van der Waals surface area (Å²) < 4.78 is 4.94. The fourth-order valence-electron chi connectivity index (χ4n) is 0.840. The van der Waals surface area contributed by atoms with Gasteiger partial charge in [0.2, 0.25) is 0 Å². The highest BCUT2D eigenvalue weighted by molar-refractivity contribution is 7.99. The van der Waals surface area contributed by atoms with Crippen LogP contribution in [0.4, 0.5) is 5.69 Å². The van der Waals surface area contributed by atoms with Crippen molar-refractivity contribution in [2.24, 2.45) is 0 Å². The van der Waals surface area contributed by atoms with Crippen molar-refractivity contribution in [1.82, 2.24) is 0 Å². The van der Waals surface area contributed by atoms with Gasteiger partial charge in [0.1, 0.15) is 0 Å². The highest BCUT2D eigenvalue weighted by Crippen LogP contribution is 2.25. The van der Waals surface area contributed by atoms with Crippen LogP contribution in [0.1, 0.15) is 0 Å². The average Bonchev–Trinajstić information content (AvgIpc) is 2.12. The zero-order valence-corrected chi connectivity index (χ0v) is 8.99. The summed E-state index contributed by atoms with van der Waals surface area (Å²) in [6.07, 6.45) is 0. The largest absolute Gasteiger partial charge is 0.398 e. The lowest BCUT2D eigenvalue weighted by atomic mass is 10.3. The van der Waals surface area contributed by atoms with E-state index >= 15 is 0 Å². The Hall–Kier alpha value is -0.380. The number of halogens is 1. The second-order valence-electron chi connectivity index (χ2n) is 2.52. The van der Waals surface area contributed by atoms with Crippen LogP contribution >= 0.6 is 23.4 Å². The molecule has 1 aromatic carbocycles. The fourth-order valence-corrected chi connectivity index (χ4v) is 1.94. The van der Waals surface area contributed by atoms with Crippen LogP contribution in [0, 0.1) is 0 Å². The third-order valence-corrected chi connectivity index (χ3v) is 2.81. The van der Waals surface area contributed by atoms with Gasteiger partial charge in [-0.1, -0.05) is 11.6 Å². The number of benzene rings is 1. The molecule has 4 heteroatoms. The van der Waals surface area contributed by atoms with E-state index in [1.54, 1.807) is 18.9 Å². The molecule has 1 aromatic rings. The minimum absolute atomic E-state index is 0.613. The molecule has 2 nitrogen and oxygen atoms in total. The molecule has 0 aliphatic heterocycles. The van der Waals surface area contributed by atoms with Gasteiger partial charge in [0.25, 0.3) is 0 Å². The number of nitrogens with two attached hydrogens (primary N) is 1. The topological polar surface area (TPSA) is 35.2 Å². The number of methoxy groups -OCH3 is 1. The number of thioether (sulfide) groups is 1. The van der Waals surface area contributed by atoms with Gasteiger partial charge in [0, 0.05) is 17.8 Å². The molecular weight excluding hydrogens is 206 g/mol. The maximum atomic E-state index is 5.86. The van der Waals surface area contributed by atoms with Gasteiger partial charge in [-0.05, 0) is 18.2 Å².